The first-order valence-corrected chi connectivity index (χ1v) is 13.9. The number of carbonyl (C=O) groups is 3. The third-order valence-electron chi connectivity index (χ3n) is 6.29. The van der Waals surface area contributed by atoms with Crippen LogP contribution in [0.1, 0.15) is 63.9 Å². The molecular formula is C25H31N5O3S2. The van der Waals surface area contributed by atoms with Crippen molar-refractivity contribution in [3.8, 4) is 0 Å². The van der Waals surface area contributed by atoms with Gasteiger partial charge >= 0.3 is 0 Å². The summed E-state index contributed by atoms with van der Waals surface area (Å²) < 4.78 is 0. The number of piperidine rings is 1. The average Bonchev–Trinajstić information content (AvgIpc) is 3.54. The molecule has 10 heteroatoms. The molecule has 2 aromatic rings. The van der Waals surface area contributed by atoms with Crippen molar-refractivity contribution in [1.29, 1.82) is 0 Å². The zero-order valence-corrected chi connectivity index (χ0v) is 21.4. The molecule has 4 heterocycles. The molecule has 2 saturated heterocycles. The lowest BCUT2D eigenvalue weighted by Gasteiger charge is -2.31. The number of nitrogens with zero attached hydrogens (tertiary/aromatic N) is 4. The summed E-state index contributed by atoms with van der Waals surface area (Å²) >= 11 is 3.03. The van der Waals surface area contributed by atoms with Crippen LogP contribution in [0.15, 0.2) is 41.4 Å². The number of nitrogens with one attached hydrogen (secondary N) is 1. The summed E-state index contributed by atoms with van der Waals surface area (Å²) in [6.07, 6.45) is 7.46. The van der Waals surface area contributed by atoms with E-state index in [2.05, 4.69) is 21.9 Å². The molecule has 3 amide bonds. The largest absolute Gasteiger partial charge is 0.351 e. The molecule has 8 nitrogen and oxygen atoms in total. The minimum Gasteiger partial charge on any atom is -0.351 e. The van der Waals surface area contributed by atoms with Gasteiger partial charge in [-0.1, -0.05) is 6.08 Å². The Labute approximate surface area is 214 Å². The highest BCUT2D eigenvalue weighted by atomic mass is 32.2. The van der Waals surface area contributed by atoms with E-state index in [0.29, 0.717) is 49.6 Å². The number of rotatable bonds is 10. The third kappa shape index (κ3) is 6.49. The van der Waals surface area contributed by atoms with Crippen molar-refractivity contribution in [2.45, 2.75) is 43.0 Å². The minimum absolute atomic E-state index is 0.0120. The minimum atomic E-state index is -0.172. The second kappa shape index (κ2) is 12.3. The highest BCUT2D eigenvalue weighted by Crippen LogP contribution is 2.31. The maximum atomic E-state index is 13.1. The van der Waals surface area contributed by atoms with Crippen LogP contribution in [0.5, 0.6) is 0 Å². The molecule has 0 radical (unpaired) electrons. The molecule has 2 aliphatic rings. The first kappa shape index (κ1) is 25.4. The van der Waals surface area contributed by atoms with Crippen LogP contribution in [0.25, 0.3) is 0 Å². The smallest absolute Gasteiger partial charge is 0.270 e. The number of pyridine rings is 1. The fraction of sp³-hybridized carbons (Fsp3) is 0.480. The van der Waals surface area contributed by atoms with Gasteiger partial charge in [-0.3, -0.25) is 14.4 Å². The van der Waals surface area contributed by atoms with Crippen molar-refractivity contribution in [1.82, 2.24) is 25.1 Å². The standard InChI is InChI=1S/C25H31N5O3S2/c1-2-16-34-24-19(6-3-10-27-24)25(33)30-14-8-18(9-15-30)23-28-20(17-35-23)22(32)26-11-5-13-29-12-4-7-21(29)31/h2-3,6,10,17-18H,1,4-5,7-9,11-16H2,(H,26,32). The van der Waals surface area contributed by atoms with Gasteiger partial charge in [-0.2, -0.15) is 0 Å². The van der Waals surface area contributed by atoms with Crippen molar-refractivity contribution >= 4 is 40.8 Å². The topological polar surface area (TPSA) is 95.5 Å². The first-order chi connectivity index (χ1) is 17.1. The van der Waals surface area contributed by atoms with Crippen LogP contribution in [-0.2, 0) is 4.79 Å². The summed E-state index contributed by atoms with van der Waals surface area (Å²) in [5.41, 5.74) is 1.08. The van der Waals surface area contributed by atoms with Gasteiger partial charge in [0.25, 0.3) is 11.8 Å². The van der Waals surface area contributed by atoms with Gasteiger partial charge in [0.2, 0.25) is 5.91 Å². The van der Waals surface area contributed by atoms with Crippen molar-refractivity contribution in [3.05, 3.63) is 52.6 Å². The lowest BCUT2D eigenvalue weighted by Crippen LogP contribution is -2.38. The maximum Gasteiger partial charge on any atom is 0.270 e. The first-order valence-electron chi connectivity index (χ1n) is 12.1. The van der Waals surface area contributed by atoms with Crippen LogP contribution in [0.4, 0.5) is 0 Å². The van der Waals surface area contributed by atoms with Gasteiger partial charge in [-0.25, -0.2) is 9.97 Å². The molecule has 1 N–H and O–H groups in total. The monoisotopic (exact) mass is 513 g/mol. The summed E-state index contributed by atoms with van der Waals surface area (Å²) in [5, 5.41) is 6.42. The van der Waals surface area contributed by atoms with Gasteiger partial charge < -0.3 is 15.1 Å². The number of aromatic nitrogens is 2. The molecule has 4 rings (SSSR count). The summed E-state index contributed by atoms with van der Waals surface area (Å²) in [6, 6.07) is 3.63. The molecule has 0 atom stereocenters. The van der Waals surface area contributed by atoms with Crippen LogP contribution in [0, 0.1) is 0 Å². The van der Waals surface area contributed by atoms with Gasteiger partial charge in [0.1, 0.15) is 10.7 Å². The molecule has 0 saturated carbocycles. The van der Waals surface area contributed by atoms with E-state index in [9.17, 15) is 14.4 Å². The predicted octanol–water partition coefficient (Wildman–Crippen LogP) is 3.58. The average molecular weight is 514 g/mol. The molecule has 2 aromatic heterocycles. The Morgan fingerprint density at radius 1 is 1.29 bits per heavy atom. The Hall–Kier alpha value is -2.72. The van der Waals surface area contributed by atoms with Crippen molar-refractivity contribution in [3.63, 3.8) is 0 Å². The molecule has 186 valence electrons. The van der Waals surface area contributed by atoms with E-state index in [4.69, 9.17) is 0 Å². The fourth-order valence-corrected chi connectivity index (χ4v) is 6.08. The molecule has 0 aliphatic carbocycles. The Balaban J connectivity index is 1.24. The Morgan fingerprint density at radius 2 is 2.11 bits per heavy atom. The van der Waals surface area contributed by atoms with Gasteiger partial charge in [0, 0.05) is 62.4 Å². The van der Waals surface area contributed by atoms with Crippen molar-refractivity contribution in [2.24, 2.45) is 0 Å². The highest BCUT2D eigenvalue weighted by Gasteiger charge is 2.28. The van der Waals surface area contributed by atoms with E-state index in [1.54, 1.807) is 18.3 Å². The summed E-state index contributed by atoms with van der Waals surface area (Å²) in [5.74, 6) is 1.00. The molecule has 2 aliphatic heterocycles. The quantitative estimate of drug-likeness (QED) is 0.296. The maximum absolute atomic E-state index is 13.1. The zero-order valence-electron chi connectivity index (χ0n) is 19.8. The third-order valence-corrected chi connectivity index (χ3v) is 8.30. The number of hydrogen-bond donors (Lipinski definition) is 1. The van der Waals surface area contributed by atoms with Gasteiger partial charge in [-0.05, 0) is 37.8 Å². The van der Waals surface area contributed by atoms with Crippen molar-refractivity contribution in [2.75, 3.05) is 38.5 Å². The van der Waals surface area contributed by atoms with Crippen LogP contribution in [0.3, 0.4) is 0 Å². The molecule has 0 aromatic carbocycles. The van der Waals surface area contributed by atoms with Crippen LogP contribution in [0.2, 0.25) is 0 Å². The number of likely N-dealkylation sites (tertiary alicyclic amines) is 2. The molecule has 0 bridgehead atoms. The number of amides is 3. The molecule has 2 fully saturated rings. The Kier molecular flexibility index (Phi) is 8.92. The van der Waals surface area contributed by atoms with E-state index in [0.717, 1.165) is 42.3 Å². The highest BCUT2D eigenvalue weighted by molar-refractivity contribution is 7.99. The summed E-state index contributed by atoms with van der Waals surface area (Å²) in [7, 11) is 0. The predicted molar refractivity (Wildman–Crippen MR) is 138 cm³/mol. The Bertz CT molecular complexity index is 1060. The van der Waals surface area contributed by atoms with Crippen LogP contribution >= 0.6 is 23.1 Å². The van der Waals surface area contributed by atoms with Gasteiger partial charge in [-0.15, -0.1) is 29.7 Å². The van der Waals surface area contributed by atoms with E-state index >= 15 is 0 Å². The lowest BCUT2D eigenvalue weighted by atomic mass is 9.97. The lowest BCUT2D eigenvalue weighted by molar-refractivity contribution is -0.127. The number of hydrogen-bond acceptors (Lipinski definition) is 7. The van der Waals surface area contributed by atoms with Crippen molar-refractivity contribution < 1.29 is 14.4 Å². The van der Waals surface area contributed by atoms with Gasteiger partial charge in [0.15, 0.2) is 0 Å². The van der Waals surface area contributed by atoms with E-state index in [1.807, 2.05) is 21.2 Å². The molecule has 0 spiro atoms. The summed E-state index contributed by atoms with van der Waals surface area (Å²) in [4.78, 5) is 50.0. The van der Waals surface area contributed by atoms with E-state index < -0.39 is 0 Å². The second-order valence-electron chi connectivity index (χ2n) is 8.69. The molecular weight excluding hydrogens is 482 g/mol. The van der Waals surface area contributed by atoms with Crippen LogP contribution < -0.4 is 5.32 Å². The Morgan fingerprint density at radius 3 is 2.86 bits per heavy atom. The summed E-state index contributed by atoms with van der Waals surface area (Å²) in [6.45, 7) is 7.08. The zero-order chi connectivity index (χ0) is 24.6. The normalized spacial score (nSPS) is 16.5. The number of thioether (sulfide) groups is 1. The molecule has 35 heavy (non-hydrogen) atoms. The number of thiazole rings is 1. The SMILES string of the molecule is C=CCSc1ncccc1C(=O)N1CCC(c2nc(C(=O)NCCCN3CCCC3=O)cs2)CC1. The van der Waals surface area contributed by atoms with E-state index in [1.165, 1.54) is 23.1 Å². The van der Waals surface area contributed by atoms with Gasteiger partial charge in [0.05, 0.1) is 10.6 Å². The van der Waals surface area contributed by atoms with E-state index in [-0.39, 0.29) is 23.6 Å². The van der Waals surface area contributed by atoms with Crippen LogP contribution in [-0.4, -0.2) is 76.0 Å². The fourth-order valence-electron chi connectivity index (χ4n) is 4.39. The molecule has 0 unspecified atom stereocenters. The number of carbonyl (C=O) groups excluding carboxylic acids is 3. The second-order valence-corrected chi connectivity index (χ2v) is 10.6.